The molecule has 0 amide bonds. The molecule has 0 unspecified atom stereocenters. The first-order valence-corrected chi connectivity index (χ1v) is 6.39. The third-order valence-electron chi connectivity index (χ3n) is 2.29. The highest BCUT2D eigenvalue weighted by Gasteiger charge is 2.20. The Bertz CT molecular complexity index is 548. The maximum atomic E-state index is 5.66. The monoisotopic (exact) mass is 266 g/mol. The lowest BCUT2D eigenvalue weighted by atomic mass is 9.96. The van der Waals surface area contributed by atoms with Gasteiger partial charge in [-0.15, -0.1) is 0 Å². The number of nitrogens with zero attached hydrogens (tertiary/aromatic N) is 3. The minimum absolute atomic E-state index is 0.0503. The van der Waals surface area contributed by atoms with Gasteiger partial charge in [-0.05, 0) is 12.1 Å². The van der Waals surface area contributed by atoms with Crippen molar-refractivity contribution >= 4 is 28.7 Å². The van der Waals surface area contributed by atoms with E-state index in [1.807, 2.05) is 22.9 Å². The number of aromatic nitrogens is 3. The smallest absolute Gasteiger partial charge is 0.213 e. The van der Waals surface area contributed by atoms with Crippen molar-refractivity contribution < 1.29 is 0 Å². The summed E-state index contributed by atoms with van der Waals surface area (Å²) < 4.78 is 6.24. The van der Waals surface area contributed by atoms with Gasteiger partial charge in [-0.3, -0.25) is 4.57 Å². The maximum Gasteiger partial charge on any atom is 0.213 e. The minimum atomic E-state index is -0.0503. The second-order valence-electron chi connectivity index (χ2n) is 4.78. The highest BCUT2D eigenvalue weighted by molar-refractivity contribution is 7.80. The SMILES string of the molecule is CC(C)(C)c1nsc(-n2cccc2C(N)=S)n1. The molecule has 0 aliphatic heterocycles. The summed E-state index contributed by atoms with van der Waals surface area (Å²) in [6, 6.07) is 3.77. The van der Waals surface area contributed by atoms with Crippen LogP contribution in [0.25, 0.3) is 5.13 Å². The molecule has 17 heavy (non-hydrogen) atoms. The molecule has 4 nitrogen and oxygen atoms in total. The molecule has 0 spiro atoms. The Balaban J connectivity index is 2.44. The maximum absolute atomic E-state index is 5.66. The Kier molecular flexibility index (Phi) is 3.01. The molecule has 0 saturated carbocycles. The van der Waals surface area contributed by atoms with E-state index in [4.69, 9.17) is 18.0 Å². The quantitative estimate of drug-likeness (QED) is 0.847. The zero-order valence-corrected chi connectivity index (χ0v) is 11.6. The molecule has 0 bridgehead atoms. The largest absolute Gasteiger partial charge is 0.388 e. The third-order valence-corrected chi connectivity index (χ3v) is 3.22. The summed E-state index contributed by atoms with van der Waals surface area (Å²) in [6.45, 7) is 6.26. The number of nitrogens with two attached hydrogens (primary N) is 1. The van der Waals surface area contributed by atoms with Crippen LogP contribution in [0.2, 0.25) is 0 Å². The van der Waals surface area contributed by atoms with Crippen LogP contribution in [0, 0.1) is 0 Å². The molecule has 0 fully saturated rings. The van der Waals surface area contributed by atoms with Crippen molar-refractivity contribution in [2.45, 2.75) is 26.2 Å². The van der Waals surface area contributed by atoms with Crippen molar-refractivity contribution in [3.05, 3.63) is 29.8 Å². The van der Waals surface area contributed by atoms with Crippen molar-refractivity contribution in [1.29, 1.82) is 0 Å². The van der Waals surface area contributed by atoms with E-state index in [0.717, 1.165) is 16.6 Å². The van der Waals surface area contributed by atoms with Gasteiger partial charge < -0.3 is 5.73 Å². The van der Waals surface area contributed by atoms with Gasteiger partial charge in [0.25, 0.3) is 0 Å². The average molecular weight is 266 g/mol. The lowest BCUT2D eigenvalue weighted by molar-refractivity contribution is 0.554. The normalized spacial score (nSPS) is 11.7. The van der Waals surface area contributed by atoms with Crippen molar-refractivity contribution in [3.63, 3.8) is 0 Å². The van der Waals surface area contributed by atoms with Crippen LogP contribution in [0.3, 0.4) is 0 Å². The van der Waals surface area contributed by atoms with Crippen LogP contribution in [0.1, 0.15) is 32.3 Å². The molecule has 2 heterocycles. The van der Waals surface area contributed by atoms with Crippen molar-refractivity contribution in [2.24, 2.45) is 5.73 Å². The van der Waals surface area contributed by atoms with Crippen LogP contribution in [0.15, 0.2) is 18.3 Å². The Morgan fingerprint density at radius 1 is 1.47 bits per heavy atom. The van der Waals surface area contributed by atoms with Crippen molar-refractivity contribution in [1.82, 2.24) is 13.9 Å². The van der Waals surface area contributed by atoms with Gasteiger partial charge in [0.05, 0.1) is 5.69 Å². The fraction of sp³-hybridized carbons (Fsp3) is 0.364. The van der Waals surface area contributed by atoms with E-state index >= 15 is 0 Å². The molecule has 0 saturated heterocycles. The molecule has 90 valence electrons. The molecule has 2 aromatic rings. The molecule has 0 atom stereocenters. The van der Waals surface area contributed by atoms with E-state index in [1.54, 1.807) is 0 Å². The first kappa shape index (κ1) is 12.2. The lowest BCUT2D eigenvalue weighted by Crippen LogP contribution is -2.15. The predicted octanol–water partition coefficient (Wildman–Crippen LogP) is 2.26. The van der Waals surface area contributed by atoms with Gasteiger partial charge in [-0.25, -0.2) is 4.98 Å². The standard InChI is InChI=1S/C11H14N4S2/c1-11(2,3)9-13-10(17-14-9)15-6-4-5-7(15)8(12)16/h4-6H,1-3H3,(H2,12,16). The van der Waals surface area contributed by atoms with E-state index in [1.165, 1.54) is 11.5 Å². The summed E-state index contributed by atoms with van der Waals surface area (Å²) in [5.74, 6) is 0.833. The second kappa shape index (κ2) is 4.19. The van der Waals surface area contributed by atoms with Gasteiger partial charge in [-0.2, -0.15) is 4.37 Å². The summed E-state index contributed by atoms with van der Waals surface area (Å²) in [6.07, 6.45) is 1.89. The summed E-state index contributed by atoms with van der Waals surface area (Å²) in [4.78, 5) is 4.89. The van der Waals surface area contributed by atoms with E-state index < -0.39 is 0 Å². The predicted molar refractivity (Wildman–Crippen MR) is 73.8 cm³/mol. The van der Waals surface area contributed by atoms with Gasteiger partial charge in [0.15, 0.2) is 0 Å². The number of hydrogen-bond donors (Lipinski definition) is 1. The first-order valence-electron chi connectivity index (χ1n) is 5.21. The summed E-state index contributed by atoms with van der Waals surface area (Å²) in [5.41, 5.74) is 6.39. The number of thiocarbonyl (C=S) groups is 1. The lowest BCUT2D eigenvalue weighted by Gasteiger charge is -2.12. The fourth-order valence-corrected chi connectivity index (χ4v) is 2.39. The van der Waals surface area contributed by atoms with Gasteiger partial charge in [-0.1, -0.05) is 33.0 Å². The van der Waals surface area contributed by atoms with Crippen LogP contribution in [-0.4, -0.2) is 18.9 Å². The van der Waals surface area contributed by atoms with E-state index in [9.17, 15) is 0 Å². The topological polar surface area (TPSA) is 56.7 Å². The molecular weight excluding hydrogens is 252 g/mol. The molecule has 0 aromatic carbocycles. The fourth-order valence-electron chi connectivity index (χ4n) is 1.37. The zero-order chi connectivity index (χ0) is 12.6. The van der Waals surface area contributed by atoms with E-state index in [0.29, 0.717) is 4.99 Å². The Labute approximate surface area is 110 Å². The van der Waals surface area contributed by atoms with Crippen LogP contribution < -0.4 is 5.73 Å². The minimum Gasteiger partial charge on any atom is -0.388 e. The van der Waals surface area contributed by atoms with Crippen LogP contribution in [-0.2, 0) is 5.41 Å². The molecule has 2 aromatic heterocycles. The summed E-state index contributed by atoms with van der Waals surface area (Å²) in [7, 11) is 0. The molecule has 6 heteroatoms. The highest BCUT2D eigenvalue weighted by atomic mass is 32.1. The molecule has 0 aliphatic rings. The van der Waals surface area contributed by atoms with Crippen molar-refractivity contribution in [2.75, 3.05) is 0 Å². The summed E-state index contributed by atoms with van der Waals surface area (Å²) in [5, 5.41) is 0.794. The van der Waals surface area contributed by atoms with Crippen LogP contribution in [0.5, 0.6) is 0 Å². The van der Waals surface area contributed by atoms with Gasteiger partial charge >= 0.3 is 0 Å². The summed E-state index contributed by atoms with van der Waals surface area (Å²) >= 11 is 6.35. The highest BCUT2D eigenvalue weighted by Crippen LogP contribution is 2.23. The van der Waals surface area contributed by atoms with Gasteiger partial charge in [0, 0.05) is 23.1 Å². The number of rotatable bonds is 2. The molecule has 2 N–H and O–H groups in total. The van der Waals surface area contributed by atoms with E-state index in [2.05, 4.69) is 30.1 Å². The van der Waals surface area contributed by atoms with E-state index in [-0.39, 0.29) is 5.41 Å². The van der Waals surface area contributed by atoms with Crippen molar-refractivity contribution in [3.8, 4) is 5.13 Å². The number of hydrogen-bond acceptors (Lipinski definition) is 4. The average Bonchev–Trinajstić information content (AvgIpc) is 2.85. The Morgan fingerprint density at radius 3 is 2.71 bits per heavy atom. The van der Waals surface area contributed by atoms with Crippen LogP contribution >= 0.6 is 23.8 Å². The van der Waals surface area contributed by atoms with Gasteiger partial charge in [0.1, 0.15) is 10.8 Å². The first-order chi connectivity index (χ1) is 7.89. The molecule has 2 rings (SSSR count). The molecule has 0 radical (unpaired) electrons. The second-order valence-corrected chi connectivity index (χ2v) is 5.95. The molecule has 0 aliphatic carbocycles. The Morgan fingerprint density at radius 2 is 2.18 bits per heavy atom. The third kappa shape index (κ3) is 2.37. The zero-order valence-electron chi connectivity index (χ0n) is 9.97. The van der Waals surface area contributed by atoms with Crippen LogP contribution in [0.4, 0.5) is 0 Å². The Hall–Kier alpha value is -1.27. The van der Waals surface area contributed by atoms with Gasteiger partial charge in [0.2, 0.25) is 5.13 Å². The molecular formula is C11H14N4S2.